The van der Waals surface area contributed by atoms with Crippen molar-refractivity contribution < 1.29 is 5.11 Å². The van der Waals surface area contributed by atoms with Crippen molar-refractivity contribution in [2.24, 2.45) is 0 Å². The Morgan fingerprint density at radius 2 is 1.95 bits per heavy atom. The maximum atomic E-state index is 9.24. The Morgan fingerprint density at radius 3 is 2.75 bits per heavy atom. The number of hydrogen-bond donors (Lipinski definition) is 3. The third kappa shape index (κ3) is 2.53. The third-order valence-electron chi connectivity index (χ3n) is 3.21. The first-order valence-electron chi connectivity index (χ1n) is 6.37. The van der Waals surface area contributed by atoms with E-state index in [4.69, 9.17) is 5.73 Å². The third-order valence-corrected chi connectivity index (χ3v) is 4.00. The standard InChI is InChI=1S/C15H15N3OS/c16-14-12(5-6-13-15(14)18-9-20-13)17-8-7-10-1-3-11(19)4-2-10/h1-6,9,17,19H,7-8,16H2. The Balaban J connectivity index is 1.67. The van der Waals surface area contributed by atoms with Gasteiger partial charge in [0.15, 0.2) is 0 Å². The summed E-state index contributed by atoms with van der Waals surface area (Å²) in [6, 6.07) is 11.3. The number of benzene rings is 2. The Bertz CT molecular complexity index is 722. The zero-order valence-corrected chi connectivity index (χ0v) is 11.7. The lowest BCUT2D eigenvalue weighted by atomic mass is 10.1. The SMILES string of the molecule is Nc1c(NCCc2ccc(O)cc2)ccc2scnc12. The van der Waals surface area contributed by atoms with Crippen LogP contribution in [0.2, 0.25) is 0 Å². The van der Waals surface area contributed by atoms with E-state index in [1.807, 2.05) is 24.3 Å². The topological polar surface area (TPSA) is 71.2 Å². The molecule has 1 heterocycles. The number of nitrogen functional groups attached to an aromatic ring is 1. The van der Waals surface area contributed by atoms with Crippen LogP contribution in [0.1, 0.15) is 5.56 Å². The van der Waals surface area contributed by atoms with Crippen molar-refractivity contribution in [3.8, 4) is 5.75 Å². The lowest BCUT2D eigenvalue weighted by molar-refractivity contribution is 0.475. The molecule has 20 heavy (non-hydrogen) atoms. The predicted octanol–water partition coefficient (Wildman–Crippen LogP) is 3.24. The molecule has 0 aliphatic rings. The number of aromatic hydroxyl groups is 1. The van der Waals surface area contributed by atoms with Crippen molar-refractivity contribution in [2.75, 3.05) is 17.6 Å². The fourth-order valence-corrected chi connectivity index (χ4v) is 2.80. The van der Waals surface area contributed by atoms with Crippen molar-refractivity contribution in [1.29, 1.82) is 0 Å². The van der Waals surface area contributed by atoms with Gasteiger partial charge < -0.3 is 16.2 Å². The second-order valence-corrected chi connectivity index (χ2v) is 5.46. The normalized spacial score (nSPS) is 10.8. The van der Waals surface area contributed by atoms with E-state index in [1.165, 1.54) is 5.56 Å². The highest BCUT2D eigenvalue weighted by Gasteiger charge is 2.06. The molecule has 0 atom stereocenters. The smallest absolute Gasteiger partial charge is 0.115 e. The summed E-state index contributed by atoms with van der Waals surface area (Å²) in [6.45, 7) is 0.782. The Kier molecular flexibility index (Phi) is 3.43. The molecule has 0 spiro atoms. The van der Waals surface area contributed by atoms with Crippen LogP contribution < -0.4 is 11.1 Å². The first kappa shape index (κ1) is 12.7. The Hall–Kier alpha value is -2.27. The molecule has 0 amide bonds. The van der Waals surface area contributed by atoms with Gasteiger partial charge in [-0.15, -0.1) is 11.3 Å². The van der Waals surface area contributed by atoms with Crippen molar-refractivity contribution in [2.45, 2.75) is 6.42 Å². The summed E-state index contributed by atoms with van der Waals surface area (Å²) in [4.78, 5) is 4.28. The van der Waals surface area contributed by atoms with E-state index in [-0.39, 0.29) is 0 Å². The van der Waals surface area contributed by atoms with Crippen LogP contribution in [0, 0.1) is 0 Å². The van der Waals surface area contributed by atoms with E-state index < -0.39 is 0 Å². The number of anilines is 2. The molecule has 0 unspecified atom stereocenters. The summed E-state index contributed by atoms with van der Waals surface area (Å²) in [7, 11) is 0. The van der Waals surface area contributed by atoms with Gasteiger partial charge in [-0.3, -0.25) is 0 Å². The molecule has 0 saturated carbocycles. The maximum absolute atomic E-state index is 9.24. The number of rotatable bonds is 4. The van der Waals surface area contributed by atoms with Crippen LogP contribution in [0.4, 0.5) is 11.4 Å². The highest BCUT2D eigenvalue weighted by Crippen LogP contribution is 2.29. The van der Waals surface area contributed by atoms with Crippen LogP contribution in [0.15, 0.2) is 41.9 Å². The van der Waals surface area contributed by atoms with E-state index in [1.54, 1.807) is 29.0 Å². The van der Waals surface area contributed by atoms with Crippen molar-refractivity contribution in [3.63, 3.8) is 0 Å². The molecule has 0 aliphatic heterocycles. The number of phenols is 1. The molecule has 0 bridgehead atoms. The number of thiazole rings is 1. The maximum Gasteiger partial charge on any atom is 0.115 e. The van der Waals surface area contributed by atoms with E-state index in [0.717, 1.165) is 28.9 Å². The first-order valence-corrected chi connectivity index (χ1v) is 7.25. The number of fused-ring (bicyclic) bond motifs is 1. The molecule has 3 aromatic rings. The van der Waals surface area contributed by atoms with Crippen LogP contribution in [-0.2, 0) is 6.42 Å². The van der Waals surface area contributed by atoms with Gasteiger partial charge in [-0.05, 0) is 36.2 Å². The lowest BCUT2D eigenvalue weighted by Crippen LogP contribution is -2.07. The number of nitrogens with zero attached hydrogens (tertiary/aromatic N) is 1. The lowest BCUT2D eigenvalue weighted by Gasteiger charge is -2.09. The summed E-state index contributed by atoms with van der Waals surface area (Å²) >= 11 is 1.59. The molecular formula is C15H15N3OS. The van der Waals surface area contributed by atoms with Gasteiger partial charge in [0.1, 0.15) is 11.3 Å². The average Bonchev–Trinajstić information content (AvgIpc) is 2.93. The highest BCUT2D eigenvalue weighted by molar-refractivity contribution is 7.16. The summed E-state index contributed by atoms with van der Waals surface area (Å²) < 4.78 is 1.10. The molecule has 0 aliphatic carbocycles. The molecule has 0 radical (unpaired) electrons. The molecule has 2 aromatic carbocycles. The summed E-state index contributed by atoms with van der Waals surface area (Å²) in [6.07, 6.45) is 0.870. The minimum atomic E-state index is 0.292. The monoisotopic (exact) mass is 285 g/mol. The number of aromatic nitrogens is 1. The van der Waals surface area contributed by atoms with Gasteiger partial charge in [-0.2, -0.15) is 0 Å². The zero-order chi connectivity index (χ0) is 13.9. The van der Waals surface area contributed by atoms with Gasteiger partial charge in [0.05, 0.1) is 21.6 Å². The van der Waals surface area contributed by atoms with Crippen molar-refractivity contribution >= 4 is 32.9 Å². The largest absolute Gasteiger partial charge is 0.508 e. The fraction of sp³-hybridized carbons (Fsp3) is 0.133. The second kappa shape index (κ2) is 5.38. The molecule has 5 heteroatoms. The highest BCUT2D eigenvalue weighted by atomic mass is 32.1. The van der Waals surface area contributed by atoms with Gasteiger partial charge in [0.2, 0.25) is 0 Å². The van der Waals surface area contributed by atoms with Crippen molar-refractivity contribution in [3.05, 3.63) is 47.5 Å². The Morgan fingerprint density at radius 1 is 1.15 bits per heavy atom. The first-order chi connectivity index (χ1) is 9.74. The number of phenolic OH excluding ortho intramolecular Hbond substituents is 1. The minimum absolute atomic E-state index is 0.292. The number of nitrogens with one attached hydrogen (secondary N) is 1. The number of hydrogen-bond acceptors (Lipinski definition) is 5. The average molecular weight is 285 g/mol. The molecular weight excluding hydrogens is 270 g/mol. The van der Waals surface area contributed by atoms with Gasteiger partial charge in [0.25, 0.3) is 0 Å². The minimum Gasteiger partial charge on any atom is -0.508 e. The van der Waals surface area contributed by atoms with Crippen LogP contribution in [-0.4, -0.2) is 16.6 Å². The molecule has 102 valence electrons. The number of nitrogens with two attached hydrogens (primary N) is 1. The summed E-state index contributed by atoms with van der Waals surface area (Å²) in [5.41, 5.74) is 11.6. The van der Waals surface area contributed by atoms with Gasteiger partial charge >= 0.3 is 0 Å². The molecule has 0 fully saturated rings. The van der Waals surface area contributed by atoms with Gasteiger partial charge in [-0.1, -0.05) is 12.1 Å². The molecule has 4 N–H and O–H groups in total. The predicted molar refractivity (Wildman–Crippen MR) is 84.3 cm³/mol. The molecule has 0 saturated heterocycles. The van der Waals surface area contributed by atoms with Gasteiger partial charge in [-0.25, -0.2) is 4.98 Å². The molecule has 4 nitrogen and oxygen atoms in total. The van der Waals surface area contributed by atoms with Crippen molar-refractivity contribution in [1.82, 2.24) is 4.98 Å². The van der Waals surface area contributed by atoms with E-state index in [0.29, 0.717) is 11.4 Å². The molecule has 3 rings (SSSR count). The van der Waals surface area contributed by atoms with Crippen LogP contribution in [0.5, 0.6) is 5.75 Å². The van der Waals surface area contributed by atoms with Crippen LogP contribution in [0.25, 0.3) is 10.2 Å². The quantitative estimate of drug-likeness (QED) is 0.644. The second-order valence-electron chi connectivity index (χ2n) is 4.57. The van der Waals surface area contributed by atoms with E-state index in [9.17, 15) is 5.11 Å². The van der Waals surface area contributed by atoms with Crippen LogP contribution >= 0.6 is 11.3 Å². The zero-order valence-electron chi connectivity index (χ0n) is 10.8. The van der Waals surface area contributed by atoms with E-state index >= 15 is 0 Å². The van der Waals surface area contributed by atoms with E-state index in [2.05, 4.69) is 10.3 Å². The van der Waals surface area contributed by atoms with Gasteiger partial charge in [0, 0.05) is 6.54 Å². The Labute approximate surface area is 120 Å². The fourth-order valence-electron chi connectivity index (χ4n) is 2.11. The summed E-state index contributed by atoms with van der Waals surface area (Å²) in [5, 5.41) is 12.6. The molecule has 1 aromatic heterocycles. The van der Waals surface area contributed by atoms with Crippen LogP contribution in [0.3, 0.4) is 0 Å². The summed E-state index contributed by atoms with van der Waals surface area (Å²) in [5.74, 6) is 0.292.